The number of hydrogen-bond acceptors (Lipinski definition) is 4. The minimum absolute atomic E-state index is 0.143. The van der Waals surface area contributed by atoms with Gasteiger partial charge in [-0.15, -0.1) is 0 Å². The highest BCUT2D eigenvalue weighted by Gasteiger charge is 2.18. The van der Waals surface area contributed by atoms with Gasteiger partial charge in [0.2, 0.25) is 5.95 Å². The van der Waals surface area contributed by atoms with Crippen LogP contribution >= 0.6 is 0 Å². The number of carbonyl (C=O) groups is 1. The molecule has 0 unspecified atom stereocenters. The molecular formula is C22H24N4O. The molecule has 5 heteroatoms. The van der Waals surface area contributed by atoms with Crippen LogP contribution in [0.25, 0.3) is 0 Å². The van der Waals surface area contributed by atoms with Gasteiger partial charge in [0, 0.05) is 24.1 Å². The third-order valence-corrected chi connectivity index (χ3v) is 4.47. The van der Waals surface area contributed by atoms with Gasteiger partial charge in [-0.2, -0.15) is 0 Å². The van der Waals surface area contributed by atoms with Crippen molar-refractivity contribution in [1.82, 2.24) is 9.97 Å². The molecule has 0 bridgehead atoms. The SMILES string of the molecule is CCN(C(=O)c1ccnc(Nc2c(C)cccc2C)n1)c1cccc(C)c1. The van der Waals surface area contributed by atoms with Gasteiger partial charge in [0.05, 0.1) is 0 Å². The Morgan fingerprint density at radius 1 is 1.04 bits per heavy atom. The van der Waals surface area contributed by atoms with E-state index in [-0.39, 0.29) is 5.91 Å². The van der Waals surface area contributed by atoms with Crippen molar-refractivity contribution in [2.45, 2.75) is 27.7 Å². The minimum Gasteiger partial charge on any atom is -0.324 e. The number of carbonyl (C=O) groups excluding carboxylic acids is 1. The number of benzene rings is 2. The van der Waals surface area contributed by atoms with E-state index in [1.54, 1.807) is 17.2 Å². The van der Waals surface area contributed by atoms with Gasteiger partial charge < -0.3 is 10.2 Å². The molecule has 0 saturated carbocycles. The monoisotopic (exact) mass is 360 g/mol. The van der Waals surface area contributed by atoms with Crippen LogP contribution in [0.2, 0.25) is 0 Å². The smallest absolute Gasteiger partial charge is 0.277 e. The minimum atomic E-state index is -0.143. The number of anilines is 3. The van der Waals surface area contributed by atoms with Crippen molar-refractivity contribution in [3.05, 3.63) is 77.1 Å². The first-order chi connectivity index (χ1) is 13.0. The molecule has 3 rings (SSSR count). The molecule has 5 nitrogen and oxygen atoms in total. The van der Waals surface area contributed by atoms with Crippen LogP contribution < -0.4 is 10.2 Å². The highest BCUT2D eigenvalue weighted by atomic mass is 16.2. The maximum Gasteiger partial charge on any atom is 0.277 e. The van der Waals surface area contributed by atoms with Gasteiger partial charge in [-0.3, -0.25) is 4.79 Å². The van der Waals surface area contributed by atoms with E-state index in [1.165, 1.54) is 0 Å². The predicted molar refractivity (Wildman–Crippen MR) is 110 cm³/mol. The summed E-state index contributed by atoms with van der Waals surface area (Å²) in [5, 5.41) is 3.25. The lowest BCUT2D eigenvalue weighted by atomic mass is 10.1. The van der Waals surface area contributed by atoms with Crippen molar-refractivity contribution in [3.8, 4) is 0 Å². The normalized spacial score (nSPS) is 10.5. The highest BCUT2D eigenvalue weighted by molar-refractivity contribution is 6.04. The second-order valence-electron chi connectivity index (χ2n) is 6.55. The van der Waals surface area contributed by atoms with Gasteiger partial charge in [0.1, 0.15) is 5.69 Å². The number of hydrogen-bond donors (Lipinski definition) is 1. The van der Waals surface area contributed by atoms with Gasteiger partial charge in [0.25, 0.3) is 5.91 Å². The maximum atomic E-state index is 13.0. The quantitative estimate of drug-likeness (QED) is 0.709. The molecular weight excluding hydrogens is 336 g/mol. The molecule has 0 aliphatic rings. The summed E-state index contributed by atoms with van der Waals surface area (Å²) in [6.45, 7) is 8.59. The lowest BCUT2D eigenvalue weighted by Gasteiger charge is -2.21. The van der Waals surface area contributed by atoms with Crippen LogP contribution in [0.15, 0.2) is 54.7 Å². The van der Waals surface area contributed by atoms with Crippen molar-refractivity contribution in [3.63, 3.8) is 0 Å². The van der Waals surface area contributed by atoms with Crippen LogP contribution in [0.3, 0.4) is 0 Å². The Kier molecular flexibility index (Phi) is 5.50. The van der Waals surface area contributed by atoms with Crippen molar-refractivity contribution >= 4 is 23.2 Å². The molecule has 138 valence electrons. The molecule has 0 aliphatic heterocycles. The third-order valence-electron chi connectivity index (χ3n) is 4.47. The van der Waals surface area contributed by atoms with Crippen molar-refractivity contribution < 1.29 is 4.79 Å². The molecule has 1 heterocycles. The Morgan fingerprint density at radius 2 is 1.74 bits per heavy atom. The summed E-state index contributed by atoms with van der Waals surface area (Å²) >= 11 is 0. The van der Waals surface area contributed by atoms with Crippen LogP contribution in [0.1, 0.15) is 34.1 Å². The van der Waals surface area contributed by atoms with Crippen LogP contribution in [-0.4, -0.2) is 22.4 Å². The number of nitrogens with zero attached hydrogens (tertiary/aromatic N) is 3. The molecule has 0 aliphatic carbocycles. The van der Waals surface area contributed by atoms with Gasteiger partial charge >= 0.3 is 0 Å². The van der Waals surface area contributed by atoms with Crippen LogP contribution in [0.4, 0.5) is 17.3 Å². The Labute approximate surface area is 160 Å². The average molecular weight is 360 g/mol. The van der Waals surface area contributed by atoms with Gasteiger partial charge in [-0.25, -0.2) is 9.97 Å². The topological polar surface area (TPSA) is 58.1 Å². The molecule has 27 heavy (non-hydrogen) atoms. The Bertz CT molecular complexity index is 948. The summed E-state index contributed by atoms with van der Waals surface area (Å²) in [4.78, 5) is 23.5. The molecule has 3 aromatic rings. The highest BCUT2D eigenvalue weighted by Crippen LogP contribution is 2.23. The summed E-state index contributed by atoms with van der Waals surface area (Å²) < 4.78 is 0. The van der Waals surface area contributed by atoms with E-state index in [0.717, 1.165) is 28.1 Å². The molecule has 2 aromatic carbocycles. The number of nitrogens with one attached hydrogen (secondary N) is 1. The van der Waals surface area contributed by atoms with Crippen molar-refractivity contribution in [2.24, 2.45) is 0 Å². The fraction of sp³-hybridized carbons (Fsp3) is 0.227. The van der Waals surface area contributed by atoms with E-state index in [2.05, 4.69) is 15.3 Å². The van der Waals surface area contributed by atoms with E-state index in [0.29, 0.717) is 18.2 Å². The predicted octanol–water partition coefficient (Wildman–Crippen LogP) is 4.81. The van der Waals surface area contributed by atoms with Gasteiger partial charge in [0.15, 0.2) is 0 Å². The van der Waals surface area contributed by atoms with E-state index < -0.39 is 0 Å². The second-order valence-corrected chi connectivity index (χ2v) is 6.55. The molecule has 0 spiro atoms. The van der Waals surface area contributed by atoms with E-state index in [4.69, 9.17) is 0 Å². The molecule has 1 aromatic heterocycles. The fourth-order valence-electron chi connectivity index (χ4n) is 3.04. The first kappa shape index (κ1) is 18.6. The summed E-state index contributed by atoms with van der Waals surface area (Å²) in [7, 11) is 0. The number of aryl methyl sites for hydroxylation is 3. The molecule has 0 atom stereocenters. The number of rotatable bonds is 5. The van der Waals surface area contributed by atoms with Crippen molar-refractivity contribution in [2.75, 3.05) is 16.8 Å². The van der Waals surface area contributed by atoms with Crippen molar-refractivity contribution in [1.29, 1.82) is 0 Å². The number of aromatic nitrogens is 2. The second kappa shape index (κ2) is 7.99. The Balaban J connectivity index is 1.89. The maximum absolute atomic E-state index is 13.0. The van der Waals surface area contributed by atoms with Gasteiger partial charge in [-0.05, 0) is 62.6 Å². The molecule has 1 N–H and O–H groups in total. The third kappa shape index (κ3) is 4.14. The Morgan fingerprint density at radius 3 is 2.41 bits per heavy atom. The van der Waals surface area contributed by atoms with Crippen LogP contribution in [-0.2, 0) is 0 Å². The molecule has 0 radical (unpaired) electrons. The zero-order valence-corrected chi connectivity index (χ0v) is 16.2. The summed E-state index contributed by atoms with van der Waals surface area (Å²) in [6, 6.07) is 15.6. The number of amides is 1. The lowest BCUT2D eigenvalue weighted by molar-refractivity contribution is 0.0983. The van der Waals surface area contributed by atoms with E-state index >= 15 is 0 Å². The standard InChI is InChI=1S/C22H24N4O/c1-5-26(18-11-6-8-15(2)14-18)21(27)19-12-13-23-22(24-19)25-20-16(3)9-7-10-17(20)4/h6-14H,5H2,1-4H3,(H,23,24,25). The first-order valence-electron chi connectivity index (χ1n) is 9.04. The van der Waals surface area contributed by atoms with E-state index in [9.17, 15) is 4.79 Å². The summed E-state index contributed by atoms with van der Waals surface area (Å²) in [5.74, 6) is 0.272. The largest absolute Gasteiger partial charge is 0.324 e. The lowest BCUT2D eigenvalue weighted by Crippen LogP contribution is -2.31. The number of para-hydroxylation sites is 1. The molecule has 0 saturated heterocycles. The average Bonchev–Trinajstić information content (AvgIpc) is 2.66. The van der Waals surface area contributed by atoms with E-state index in [1.807, 2.05) is 70.2 Å². The summed E-state index contributed by atoms with van der Waals surface area (Å²) in [5.41, 5.74) is 5.51. The van der Waals surface area contributed by atoms with Crippen LogP contribution in [0.5, 0.6) is 0 Å². The van der Waals surface area contributed by atoms with Gasteiger partial charge in [-0.1, -0.05) is 30.3 Å². The zero-order valence-electron chi connectivity index (χ0n) is 16.2. The molecule has 1 amide bonds. The van der Waals surface area contributed by atoms with Crippen LogP contribution in [0, 0.1) is 20.8 Å². The molecule has 0 fully saturated rings. The first-order valence-corrected chi connectivity index (χ1v) is 9.04. The fourth-order valence-corrected chi connectivity index (χ4v) is 3.04. The zero-order chi connectivity index (χ0) is 19.4. The summed E-state index contributed by atoms with van der Waals surface area (Å²) in [6.07, 6.45) is 1.61. The Hall–Kier alpha value is -3.21.